The molecule has 0 unspecified atom stereocenters. The monoisotopic (exact) mass is 558 g/mol. The van der Waals surface area contributed by atoms with Crippen LogP contribution in [-0.2, 0) is 13.1 Å². The summed E-state index contributed by atoms with van der Waals surface area (Å²) < 4.78 is 8.09. The van der Waals surface area contributed by atoms with Crippen molar-refractivity contribution in [2.75, 3.05) is 37.6 Å². The fourth-order valence-corrected chi connectivity index (χ4v) is 5.46. The van der Waals surface area contributed by atoms with Gasteiger partial charge in [-0.2, -0.15) is 0 Å². The molecule has 1 aliphatic heterocycles. The van der Waals surface area contributed by atoms with Gasteiger partial charge in [-0.1, -0.05) is 48.9 Å². The van der Waals surface area contributed by atoms with E-state index in [0.717, 1.165) is 34.0 Å². The molecule has 0 aliphatic carbocycles. The molecule has 3 heterocycles. The van der Waals surface area contributed by atoms with Crippen LogP contribution in [0, 0.1) is 6.92 Å². The molecule has 208 valence electrons. The van der Waals surface area contributed by atoms with Gasteiger partial charge in [0.15, 0.2) is 5.76 Å². The Hall–Kier alpha value is -3.97. The number of halogens is 1. The molecule has 0 atom stereocenters. The summed E-state index contributed by atoms with van der Waals surface area (Å²) in [6.07, 6.45) is 2.85. The highest BCUT2D eigenvalue weighted by molar-refractivity contribution is 6.33. The molecule has 0 bridgehead atoms. The van der Waals surface area contributed by atoms with E-state index in [0.29, 0.717) is 57.3 Å². The highest BCUT2D eigenvalue weighted by Gasteiger charge is 2.25. The third-order valence-corrected chi connectivity index (χ3v) is 7.71. The van der Waals surface area contributed by atoms with Gasteiger partial charge in [0.25, 0.3) is 11.8 Å². The zero-order valence-electron chi connectivity index (χ0n) is 23.1. The minimum atomic E-state index is -0.101. The van der Waals surface area contributed by atoms with Gasteiger partial charge in [-0.25, -0.2) is 0 Å². The van der Waals surface area contributed by atoms with Crippen LogP contribution in [0.15, 0.2) is 83.4 Å². The SMILES string of the molecule is CCCN(Cc1cccn1Cc1ccc(C(=O)N2CCN(c3ccccc3Cl)CC2)o1)C(=O)c1ccccc1C. The molecule has 1 saturated heterocycles. The number of aromatic nitrogens is 1. The van der Waals surface area contributed by atoms with Crippen molar-refractivity contribution in [1.29, 1.82) is 0 Å². The molecule has 0 N–H and O–H groups in total. The van der Waals surface area contributed by atoms with Gasteiger partial charge in [0.05, 0.1) is 23.8 Å². The zero-order chi connectivity index (χ0) is 28.1. The predicted molar refractivity (Wildman–Crippen MR) is 158 cm³/mol. The molecule has 1 fully saturated rings. The minimum absolute atomic E-state index is 0.0354. The van der Waals surface area contributed by atoms with Crippen molar-refractivity contribution in [2.24, 2.45) is 0 Å². The summed E-state index contributed by atoms with van der Waals surface area (Å²) >= 11 is 6.36. The first-order valence-corrected chi connectivity index (χ1v) is 14.2. The number of furan rings is 1. The molecule has 1 aliphatic rings. The number of carbonyl (C=O) groups is 2. The summed E-state index contributed by atoms with van der Waals surface area (Å²) in [6, 6.07) is 23.1. The van der Waals surface area contributed by atoms with E-state index >= 15 is 0 Å². The number of carbonyl (C=O) groups excluding carboxylic acids is 2. The van der Waals surface area contributed by atoms with Gasteiger partial charge in [-0.15, -0.1) is 0 Å². The second-order valence-electron chi connectivity index (χ2n) is 10.2. The molecule has 0 saturated carbocycles. The van der Waals surface area contributed by atoms with E-state index in [1.165, 1.54) is 0 Å². The highest BCUT2D eigenvalue weighted by atomic mass is 35.5. The molecule has 2 amide bonds. The predicted octanol–water partition coefficient (Wildman–Crippen LogP) is 6.11. The second kappa shape index (κ2) is 12.5. The summed E-state index contributed by atoms with van der Waals surface area (Å²) in [7, 11) is 0. The Morgan fingerprint density at radius 2 is 1.68 bits per heavy atom. The maximum absolute atomic E-state index is 13.3. The summed E-state index contributed by atoms with van der Waals surface area (Å²) in [6.45, 7) is 8.32. The van der Waals surface area contributed by atoms with E-state index in [2.05, 4.69) is 16.4 Å². The van der Waals surface area contributed by atoms with Crippen molar-refractivity contribution < 1.29 is 14.0 Å². The van der Waals surface area contributed by atoms with Crippen LogP contribution in [0.25, 0.3) is 0 Å². The van der Waals surface area contributed by atoms with Crippen LogP contribution in [0.3, 0.4) is 0 Å². The fraction of sp³-hybridized carbons (Fsp3) is 0.312. The van der Waals surface area contributed by atoms with Crippen LogP contribution in [0.1, 0.15) is 51.3 Å². The molecule has 2 aromatic carbocycles. The minimum Gasteiger partial charge on any atom is -0.454 e. The number of rotatable bonds is 9. The van der Waals surface area contributed by atoms with Crippen molar-refractivity contribution in [3.05, 3.63) is 112 Å². The molecule has 8 heteroatoms. The summed E-state index contributed by atoms with van der Waals surface area (Å²) in [5.74, 6) is 0.976. The molecule has 40 heavy (non-hydrogen) atoms. The topological polar surface area (TPSA) is 61.9 Å². The number of para-hydroxylation sites is 1. The van der Waals surface area contributed by atoms with Crippen molar-refractivity contribution in [3.63, 3.8) is 0 Å². The third kappa shape index (κ3) is 6.10. The van der Waals surface area contributed by atoms with Gasteiger partial charge in [0.1, 0.15) is 5.76 Å². The lowest BCUT2D eigenvalue weighted by atomic mass is 10.1. The number of hydrogen-bond acceptors (Lipinski definition) is 4. The number of benzene rings is 2. The van der Waals surface area contributed by atoms with Crippen LogP contribution in [0.2, 0.25) is 5.02 Å². The van der Waals surface area contributed by atoms with Gasteiger partial charge < -0.3 is 23.7 Å². The largest absolute Gasteiger partial charge is 0.454 e. The average Bonchev–Trinajstić information content (AvgIpc) is 3.62. The Bertz CT molecular complexity index is 1470. The molecule has 7 nitrogen and oxygen atoms in total. The number of hydrogen-bond donors (Lipinski definition) is 0. The Morgan fingerprint density at radius 3 is 2.42 bits per heavy atom. The number of piperazine rings is 1. The van der Waals surface area contributed by atoms with E-state index in [1.54, 1.807) is 6.07 Å². The van der Waals surface area contributed by atoms with Crippen molar-refractivity contribution in [2.45, 2.75) is 33.4 Å². The lowest BCUT2D eigenvalue weighted by Gasteiger charge is -2.36. The highest BCUT2D eigenvalue weighted by Crippen LogP contribution is 2.26. The van der Waals surface area contributed by atoms with Crippen LogP contribution in [0.5, 0.6) is 0 Å². The third-order valence-electron chi connectivity index (χ3n) is 7.39. The Morgan fingerprint density at radius 1 is 0.925 bits per heavy atom. The quantitative estimate of drug-likeness (QED) is 0.249. The number of nitrogens with zero attached hydrogens (tertiary/aromatic N) is 4. The normalized spacial score (nSPS) is 13.5. The van der Waals surface area contributed by atoms with Gasteiger partial charge >= 0.3 is 0 Å². The molecule has 2 aromatic heterocycles. The first kappa shape index (κ1) is 27.6. The molecule has 0 radical (unpaired) electrons. The first-order valence-electron chi connectivity index (χ1n) is 13.8. The van der Waals surface area contributed by atoms with Crippen LogP contribution in [0.4, 0.5) is 5.69 Å². The molecular formula is C32H35ClN4O3. The summed E-state index contributed by atoms with van der Waals surface area (Å²) in [5.41, 5.74) is 3.71. The maximum Gasteiger partial charge on any atom is 0.289 e. The Kier molecular flexibility index (Phi) is 8.60. The second-order valence-corrected chi connectivity index (χ2v) is 10.6. The Balaban J connectivity index is 1.22. The van der Waals surface area contributed by atoms with Gasteiger partial charge in [-0.3, -0.25) is 9.59 Å². The van der Waals surface area contributed by atoms with E-state index in [9.17, 15) is 9.59 Å². The van der Waals surface area contributed by atoms with E-state index in [1.807, 2.05) is 89.7 Å². The first-order chi connectivity index (χ1) is 19.4. The van der Waals surface area contributed by atoms with Gasteiger partial charge in [0.2, 0.25) is 0 Å². The smallest absolute Gasteiger partial charge is 0.289 e. The zero-order valence-corrected chi connectivity index (χ0v) is 23.8. The number of aryl methyl sites for hydroxylation is 1. The fourth-order valence-electron chi connectivity index (χ4n) is 5.21. The average molecular weight is 559 g/mol. The van der Waals surface area contributed by atoms with E-state index < -0.39 is 0 Å². The van der Waals surface area contributed by atoms with Gasteiger partial charge in [-0.05, 0) is 61.4 Å². The summed E-state index contributed by atoms with van der Waals surface area (Å²) in [4.78, 5) is 32.5. The van der Waals surface area contributed by atoms with Crippen molar-refractivity contribution in [1.82, 2.24) is 14.4 Å². The van der Waals surface area contributed by atoms with Crippen LogP contribution in [-0.4, -0.2) is 58.9 Å². The van der Waals surface area contributed by atoms with Crippen molar-refractivity contribution in [3.8, 4) is 0 Å². The standard InChI is InChI=1S/C32H35ClN4O3/c1-3-16-37(31(38)27-11-5-4-9-24(27)2)22-25-10-8-17-36(25)23-26-14-15-30(40-26)32(39)35-20-18-34(19-21-35)29-13-7-6-12-28(29)33/h4-15,17H,3,16,18-23H2,1-2H3. The molecule has 4 aromatic rings. The van der Waals surface area contributed by atoms with E-state index in [-0.39, 0.29) is 11.8 Å². The number of anilines is 1. The van der Waals surface area contributed by atoms with Crippen LogP contribution < -0.4 is 4.90 Å². The maximum atomic E-state index is 13.3. The van der Waals surface area contributed by atoms with Gasteiger partial charge in [0, 0.05) is 50.2 Å². The summed E-state index contributed by atoms with van der Waals surface area (Å²) in [5, 5.41) is 0.722. The molecule has 5 rings (SSSR count). The molecular weight excluding hydrogens is 524 g/mol. The Labute approximate surface area is 240 Å². The lowest BCUT2D eigenvalue weighted by molar-refractivity contribution is 0.0709. The molecule has 0 spiro atoms. The lowest BCUT2D eigenvalue weighted by Crippen LogP contribution is -2.48. The van der Waals surface area contributed by atoms with Crippen molar-refractivity contribution >= 4 is 29.1 Å². The number of amides is 2. The van der Waals surface area contributed by atoms with Crippen LogP contribution >= 0.6 is 11.6 Å². The van der Waals surface area contributed by atoms with E-state index in [4.69, 9.17) is 16.0 Å².